The Hall–Kier alpha value is -4.27. The van der Waals surface area contributed by atoms with Crippen LogP contribution in [0, 0.1) is 0 Å². The van der Waals surface area contributed by atoms with Crippen LogP contribution >= 0.6 is 0 Å². The summed E-state index contributed by atoms with van der Waals surface area (Å²) < 4.78 is 8.21. The van der Waals surface area contributed by atoms with Gasteiger partial charge in [0.25, 0.3) is 5.91 Å². The zero-order chi connectivity index (χ0) is 22.5. The zero-order valence-corrected chi connectivity index (χ0v) is 17.7. The Balaban J connectivity index is 1.49. The summed E-state index contributed by atoms with van der Waals surface area (Å²) in [5.74, 6) is -0.0530. The molecule has 0 aliphatic heterocycles. The molecule has 0 atom stereocenters. The van der Waals surface area contributed by atoms with Crippen molar-refractivity contribution in [3.63, 3.8) is 0 Å². The lowest BCUT2D eigenvalue weighted by Crippen LogP contribution is -2.14. The van der Waals surface area contributed by atoms with Crippen molar-refractivity contribution in [1.82, 2.24) is 24.5 Å². The zero-order valence-electron chi connectivity index (χ0n) is 17.7. The molecule has 9 nitrogen and oxygen atoms in total. The van der Waals surface area contributed by atoms with Crippen molar-refractivity contribution < 1.29 is 14.3 Å². The Morgan fingerprint density at radius 1 is 1.06 bits per heavy atom. The van der Waals surface area contributed by atoms with Crippen LogP contribution in [0.5, 0.6) is 0 Å². The summed E-state index contributed by atoms with van der Waals surface area (Å²) in [5.41, 5.74) is 2.88. The second-order valence-corrected chi connectivity index (χ2v) is 6.83. The summed E-state index contributed by atoms with van der Waals surface area (Å²) in [4.78, 5) is 29.0. The first-order chi connectivity index (χ1) is 15.6. The number of benzene rings is 1. The van der Waals surface area contributed by atoms with Crippen molar-refractivity contribution >= 4 is 17.6 Å². The standard InChI is InChI=1S/C23H22N6O3/c1-3-20-18(15-25-29(20)21-7-5-6-13-24-21)22(30)26-16-8-10-17(11-9-16)28-14-12-19(27-28)23(31)32-4-2/h5-15H,3-4H2,1-2H3,(H,26,30). The molecule has 0 aliphatic carbocycles. The van der Waals surface area contributed by atoms with Gasteiger partial charge >= 0.3 is 5.97 Å². The molecular formula is C23H22N6O3. The Labute approximate surface area is 184 Å². The molecule has 4 aromatic rings. The third-order valence-electron chi connectivity index (χ3n) is 4.78. The third-order valence-corrected chi connectivity index (χ3v) is 4.78. The molecule has 0 spiro atoms. The molecule has 1 aromatic carbocycles. The van der Waals surface area contributed by atoms with Crippen LogP contribution in [0.15, 0.2) is 67.1 Å². The van der Waals surface area contributed by atoms with E-state index in [1.54, 1.807) is 65.2 Å². The number of carbonyl (C=O) groups is 2. The van der Waals surface area contributed by atoms with Gasteiger partial charge < -0.3 is 10.1 Å². The number of aromatic nitrogens is 5. The van der Waals surface area contributed by atoms with Crippen LogP contribution < -0.4 is 5.32 Å². The summed E-state index contributed by atoms with van der Waals surface area (Å²) in [6.07, 6.45) is 5.55. The van der Waals surface area contributed by atoms with Crippen LogP contribution in [0.1, 0.15) is 40.4 Å². The summed E-state index contributed by atoms with van der Waals surface area (Å²) in [6.45, 7) is 4.01. The molecule has 0 aliphatic rings. The molecule has 4 rings (SSSR count). The highest BCUT2D eigenvalue weighted by atomic mass is 16.5. The Bertz CT molecular complexity index is 1230. The Morgan fingerprint density at radius 3 is 2.56 bits per heavy atom. The number of amides is 1. The third kappa shape index (κ3) is 4.27. The number of ether oxygens (including phenoxy) is 1. The molecule has 162 valence electrons. The number of pyridine rings is 1. The van der Waals surface area contributed by atoms with E-state index < -0.39 is 5.97 Å². The highest BCUT2D eigenvalue weighted by Crippen LogP contribution is 2.18. The van der Waals surface area contributed by atoms with Crippen LogP contribution in [0.2, 0.25) is 0 Å². The van der Waals surface area contributed by atoms with E-state index in [1.807, 2.05) is 25.1 Å². The van der Waals surface area contributed by atoms with E-state index in [0.717, 1.165) is 11.4 Å². The molecule has 32 heavy (non-hydrogen) atoms. The maximum atomic E-state index is 12.9. The SMILES string of the molecule is CCOC(=O)c1ccn(-c2ccc(NC(=O)c3cnn(-c4ccccn4)c3CC)cc2)n1. The smallest absolute Gasteiger partial charge is 0.358 e. The fraction of sp³-hybridized carbons (Fsp3) is 0.174. The summed E-state index contributed by atoms with van der Waals surface area (Å²) in [5, 5.41) is 11.5. The van der Waals surface area contributed by atoms with Gasteiger partial charge in [-0.3, -0.25) is 4.79 Å². The number of nitrogens with zero attached hydrogens (tertiary/aromatic N) is 5. The number of hydrogen-bond donors (Lipinski definition) is 1. The molecule has 1 amide bonds. The van der Waals surface area contributed by atoms with Gasteiger partial charge in [0.2, 0.25) is 0 Å². The van der Waals surface area contributed by atoms with Gasteiger partial charge in [0.15, 0.2) is 11.5 Å². The molecule has 0 saturated carbocycles. The van der Waals surface area contributed by atoms with Crippen LogP contribution in [0.3, 0.4) is 0 Å². The molecule has 1 N–H and O–H groups in total. The monoisotopic (exact) mass is 430 g/mol. The molecule has 0 fully saturated rings. The van der Waals surface area contributed by atoms with E-state index in [9.17, 15) is 9.59 Å². The van der Waals surface area contributed by atoms with E-state index in [1.165, 1.54) is 0 Å². The van der Waals surface area contributed by atoms with Crippen molar-refractivity contribution in [2.75, 3.05) is 11.9 Å². The molecule has 9 heteroatoms. The van der Waals surface area contributed by atoms with E-state index in [-0.39, 0.29) is 11.6 Å². The number of nitrogens with one attached hydrogen (secondary N) is 1. The van der Waals surface area contributed by atoms with Gasteiger partial charge in [-0.1, -0.05) is 13.0 Å². The highest BCUT2D eigenvalue weighted by Gasteiger charge is 2.18. The number of rotatable bonds is 7. The van der Waals surface area contributed by atoms with Gasteiger partial charge in [-0.2, -0.15) is 10.2 Å². The lowest BCUT2D eigenvalue weighted by molar-refractivity contribution is 0.0519. The normalized spacial score (nSPS) is 10.7. The van der Waals surface area contributed by atoms with Gasteiger partial charge in [-0.05, 0) is 55.8 Å². The van der Waals surface area contributed by atoms with Crippen LogP contribution in [-0.2, 0) is 11.2 Å². The van der Waals surface area contributed by atoms with Gasteiger partial charge in [0.1, 0.15) is 0 Å². The van der Waals surface area contributed by atoms with Gasteiger partial charge in [0.05, 0.1) is 29.7 Å². The lowest BCUT2D eigenvalue weighted by atomic mass is 10.2. The highest BCUT2D eigenvalue weighted by molar-refractivity contribution is 6.05. The van der Waals surface area contributed by atoms with Crippen LogP contribution in [-0.4, -0.2) is 43.0 Å². The predicted octanol–water partition coefficient (Wildman–Crippen LogP) is 3.44. The molecule has 0 bridgehead atoms. The minimum Gasteiger partial charge on any atom is -0.461 e. The second kappa shape index (κ2) is 9.25. The van der Waals surface area contributed by atoms with Gasteiger partial charge in [0, 0.05) is 18.1 Å². The first-order valence-electron chi connectivity index (χ1n) is 10.2. The van der Waals surface area contributed by atoms with Crippen molar-refractivity contribution in [3.05, 3.63) is 84.1 Å². The largest absolute Gasteiger partial charge is 0.461 e. The number of carbonyl (C=O) groups excluding carboxylic acids is 2. The van der Waals surface area contributed by atoms with Gasteiger partial charge in [-0.25, -0.2) is 19.1 Å². The van der Waals surface area contributed by atoms with E-state index in [2.05, 4.69) is 20.5 Å². The molecular weight excluding hydrogens is 408 g/mol. The molecule has 0 saturated heterocycles. The van der Waals surface area contributed by atoms with E-state index >= 15 is 0 Å². The molecule has 3 aromatic heterocycles. The van der Waals surface area contributed by atoms with E-state index in [4.69, 9.17) is 4.74 Å². The predicted molar refractivity (Wildman–Crippen MR) is 118 cm³/mol. The second-order valence-electron chi connectivity index (χ2n) is 6.83. The summed E-state index contributed by atoms with van der Waals surface area (Å²) >= 11 is 0. The maximum absolute atomic E-state index is 12.9. The number of anilines is 1. The lowest BCUT2D eigenvalue weighted by Gasteiger charge is -2.09. The maximum Gasteiger partial charge on any atom is 0.358 e. The average molecular weight is 430 g/mol. The van der Waals surface area contributed by atoms with Crippen molar-refractivity contribution in [3.8, 4) is 11.5 Å². The topological polar surface area (TPSA) is 104 Å². The molecule has 0 radical (unpaired) electrons. The fourth-order valence-electron chi connectivity index (χ4n) is 3.26. The van der Waals surface area contributed by atoms with Crippen LogP contribution in [0.4, 0.5) is 5.69 Å². The Kier molecular flexibility index (Phi) is 6.07. The van der Waals surface area contributed by atoms with Crippen molar-refractivity contribution in [2.45, 2.75) is 20.3 Å². The fourth-order valence-corrected chi connectivity index (χ4v) is 3.26. The van der Waals surface area contributed by atoms with Gasteiger partial charge in [-0.15, -0.1) is 0 Å². The number of esters is 1. The minimum atomic E-state index is -0.465. The summed E-state index contributed by atoms with van der Waals surface area (Å²) in [6, 6.07) is 14.3. The molecule has 0 unspecified atom stereocenters. The molecule has 3 heterocycles. The van der Waals surface area contributed by atoms with E-state index in [0.29, 0.717) is 30.1 Å². The first-order valence-corrected chi connectivity index (χ1v) is 10.2. The van der Waals surface area contributed by atoms with Crippen molar-refractivity contribution in [1.29, 1.82) is 0 Å². The number of hydrogen-bond acceptors (Lipinski definition) is 6. The van der Waals surface area contributed by atoms with Crippen molar-refractivity contribution in [2.24, 2.45) is 0 Å². The average Bonchev–Trinajstić information content (AvgIpc) is 3.48. The van der Waals surface area contributed by atoms with Crippen LogP contribution in [0.25, 0.3) is 11.5 Å². The Morgan fingerprint density at radius 2 is 1.88 bits per heavy atom. The summed E-state index contributed by atoms with van der Waals surface area (Å²) in [7, 11) is 0. The first kappa shape index (κ1) is 21.0. The quantitative estimate of drug-likeness (QED) is 0.451. The minimum absolute atomic E-state index is 0.237.